The minimum absolute atomic E-state index is 0.166. The molecule has 2 rings (SSSR count). The van der Waals surface area contributed by atoms with E-state index in [-0.39, 0.29) is 10.8 Å². The van der Waals surface area contributed by atoms with Crippen molar-refractivity contribution in [2.75, 3.05) is 59.4 Å². The number of carbonyl (C=O) groups is 1. The van der Waals surface area contributed by atoms with Gasteiger partial charge in [0.2, 0.25) is 10.0 Å². The van der Waals surface area contributed by atoms with Crippen LogP contribution >= 0.6 is 0 Å². The van der Waals surface area contributed by atoms with Crippen molar-refractivity contribution in [3.05, 3.63) is 18.0 Å². The van der Waals surface area contributed by atoms with Gasteiger partial charge in [0.1, 0.15) is 10.6 Å². The molecule has 1 amide bonds. The Morgan fingerprint density at radius 1 is 1.11 bits per heavy atom. The predicted molar refractivity (Wildman–Crippen MR) is 111 cm³/mol. The maximum absolute atomic E-state index is 12.6. The molecule has 0 unspecified atom stereocenters. The first-order chi connectivity index (χ1) is 13.3. The maximum Gasteiger partial charge on any atom is 0.267 e. The van der Waals surface area contributed by atoms with E-state index in [0.29, 0.717) is 25.3 Å². The molecule has 0 radical (unpaired) electrons. The Morgan fingerprint density at radius 3 is 2.36 bits per heavy atom. The van der Waals surface area contributed by atoms with Gasteiger partial charge in [-0.1, -0.05) is 13.8 Å². The Morgan fingerprint density at radius 2 is 1.75 bits per heavy atom. The number of rotatable bonds is 10. The number of nitrogens with one attached hydrogen (secondary N) is 1. The average molecular weight is 414 g/mol. The zero-order valence-corrected chi connectivity index (χ0v) is 18.5. The molecule has 0 aromatic carbocycles. The van der Waals surface area contributed by atoms with Gasteiger partial charge in [-0.3, -0.25) is 4.79 Å². The number of aromatic nitrogens is 1. The summed E-state index contributed by atoms with van der Waals surface area (Å²) in [4.78, 5) is 17.4. The highest BCUT2D eigenvalue weighted by molar-refractivity contribution is 7.89. The van der Waals surface area contributed by atoms with Crippen LogP contribution in [0.2, 0.25) is 0 Å². The summed E-state index contributed by atoms with van der Waals surface area (Å²) in [7, 11) is 0.288. The van der Waals surface area contributed by atoms with Crippen LogP contribution in [0.15, 0.2) is 17.2 Å². The van der Waals surface area contributed by atoms with Gasteiger partial charge in [0.15, 0.2) is 0 Å². The Hall–Kier alpha value is -1.42. The van der Waals surface area contributed by atoms with Crippen molar-refractivity contribution < 1.29 is 13.2 Å². The number of likely N-dealkylation sites (N-methyl/N-ethyl adjacent to an activating group) is 1. The molecule has 1 aromatic heterocycles. The minimum atomic E-state index is -3.56. The van der Waals surface area contributed by atoms with Crippen LogP contribution in [0.4, 0.5) is 0 Å². The highest BCUT2D eigenvalue weighted by atomic mass is 32.2. The van der Waals surface area contributed by atoms with Crippen LogP contribution in [0, 0.1) is 0 Å². The zero-order chi connectivity index (χ0) is 20.7. The van der Waals surface area contributed by atoms with E-state index in [1.54, 1.807) is 25.5 Å². The van der Waals surface area contributed by atoms with Crippen LogP contribution in [0.1, 0.15) is 37.2 Å². The first kappa shape index (κ1) is 22.9. The molecular formula is C19H35N5O3S. The van der Waals surface area contributed by atoms with Crippen molar-refractivity contribution >= 4 is 15.9 Å². The molecule has 0 saturated carbocycles. The topological polar surface area (TPSA) is 77.9 Å². The van der Waals surface area contributed by atoms with Gasteiger partial charge in [-0.05, 0) is 32.5 Å². The summed E-state index contributed by atoms with van der Waals surface area (Å²) >= 11 is 0. The van der Waals surface area contributed by atoms with Crippen LogP contribution in [0.5, 0.6) is 0 Å². The lowest BCUT2D eigenvalue weighted by Crippen LogP contribution is -2.44. The standard InChI is InChI=1S/C19H35N5O3S/c1-5-24(6-2)28(26,27)17-15-18(22(4)16-17)19(25)20-9-7-8-10-23-13-11-21(3)12-14-23/h15-16H,5-14H2,1-4H3,(H,20,25). The molecule has 1 fully saturated rings. The summed E-state index contributed by atoms with van der Waals surface area (Å²) in [6.45, 7) is 10.5. The maximum atomic E-state index is 12.6. The van der Waals surface area contributed by atoms with Crippen molar-refractivity contribution in [1.29, 1.82) is 0 Å². The molecule has 0 spiro atoms. The SMILES string of the molecule is CCN(CC)S(=O)(=O)c1cc(C(=O)NCCCCN2CCN(C)CC2)n(C)c1. The molecule has 160 valence electrons. The number of hydrogen-bond acceptors (Lipinski definition) is 5. The van der Waals surface area contributed by atoms with E-state index in [4.69, 9.17) is 0 Å². The van der Waals surface area contributed by atoms with Crippen molar-refractivity contribution in [2.45, 2.75) is 31.6 Å². The second kappa shape index (κ2) is 10.4. The highest BCUT2D eigenvalue weighted by Crippen LogP contribution is 2.18. The normalized spacial score (nSPS) is 16.6. The number of piperazine rings is 1. The number of amides is 1. The summed E-state index contributed by atoms with van der Waals surface area (Å²) in [6, 6.07) is 1.47. The number of aryl methyl sites for hydroxylation is 1. The Labute approximate surface area is 169 Å². The van der Waals surface area contributed by atoms with Crippen molar-refractivity contribution in [3.8, 4) is 0 Å². The molecule has 2 heterocycles. The van der Waals surface area contributed by atoms with E-state index >= 15 is 0 Å². The Balaban J connectivity index is 1.82. The first-order valence-corrected chi connectivity index (χ1v) is 11.6. The first-order valence-electron chi connectivity index (χ1n) is 10.1. The summed E-state index contributed by atoms with van der Waals surface area (Å²) in [6.07, 6.45) is 3.46. The summed E-state index contributed by atoms with van der Waals surface area (Å²) in [5.74, 6) is -0.233. The fourth-order valence-corrected chi connectivity index (χ4v) is 4.97. The van der Waals surface area contributed by atoms with E-state index in [1.165, 1.54) is 16.6 Å². The fourth-order valence-electron chi connectivity index (χ4n) is 3.44. The van der Waals surface area contributed by atoms with E-state index in [1.807, 2.05) is 0 Å². The van der Waals surface area contributed by atoms with Crippen LogP contribution in [-0.2, 0) is 17.1 Å². The van der Waals surface area contributed by atoms with Gasteiger partial charge >= 0.3 is 0 Å². The molecule has 1 aromatic rings. The second-order valence-corrected chi connectivity index (χ2v) is 9.31. The largest absolute Gasteiger partial charge is 0.351 e. The lowest BCUT2D eigenvalue weighted by Gasteiger charge is -2.32. The van der Waals surface area contributed by atoms with Crippen LogP contribution in [-0.4, -0.2) is 92.4 Å². The smallest absolute Gasteiger partial charge is 0.267 e. The number of hydrogen-bond donors (Lipinski definition) is 1. The molecule has 8 nitrogen and oxygen atoms in total. The average Bonchev–Trinajstić information content (AvgIpc) is 3.06. The number of carbonyl (C=O) groups excluding carboxylic acids is 1. The summed E-state index contributed by atoms with van der Waals surface area (Å²) < 4.78 is 28.2. The van der Waals surface area contributed by atoms with Gasteiger partial charge in [0, 0.05) is 59.1 Å². The molecule has 0 atom stereocenters. The van der Waals surface area contributed by atoms with Gasteiger partial charge in [-0.2, -0.15) is 4.31 Å². The molecule has 1 saturated heterocycles. The van der Waals surface area contributed by atoms with Gasteiger partial charge < -0.3 is 19.7 Å². The fraction of sp³-hybridized carbons (Fsp3) is 0.737. The molecule has 0 aliphatic carbocycles. The van der Waals surface area contributed by atoms with Gasteiger partial charge in [0.25, 0.3) is 5.91 Å². The quantitative estimate of drug-likeness (QED) is 0.575. The molecule has 28 heavy (non-hydrogen) atoms. The van der Waals surface area contributed by atoms with E-state index in [0.717, 1.165) is 45.6 Å². The third-order valence-corrected chi connectivity index (χ3v) is 7.35. The Bertz CT molecular complexity index is 735. The minimum Gasteiger partial charge on any atom is -0.351 e. The number of nitrogens with zero attached hydrogens (tertiary/aromatic N) is 4. The van der Waals surface area contributed by atoms with Crippen molar-refractivity contribution in [3.63, 3.8) is 0 Å². The van der Waals surface area contributed by atoms with Crippen LogP contribution in [0.25, 0.3) is 0 Å². The lowest BCUT2D eigenvalue weighted by atomic mass is 10.2. The predicted octanol–water partition coefficient (Wildman–Crippen LogP) is 0.813. The van der Waals surface area contributed by atoms with Gasteiger partial charge in [-0.15, -0.1) is 0 Å². The molecule has 1 N–H and O–H groups in total. The van der Waals surface area contributed by atoms with Crippen molar-refractivity contribution in [2.24, 2.45) is 7.05 Å². The molecular weight excluding hydrogens is 378 g/mol. The van der Waals surface area contributed by atoms with Crippen LogP contribution < -0.4 is 5.32 Å². The Kier molecular flexibility index (Phi) is 8.48. The zero-order valence-electron chi connectivity index (χ0n) is 17.6. The van der Waals surface area contributed by atoms with E-state index in [9.17, 15) is 13.2 Å². The highest BCUT2D eigenvalue weighted by Gasteiger charge is 2.25. The summed E-state index contributed by atoms with van der Waals surface area (Å²) in [5.41, 5.74) is 0.366. The van der Waals surface area contributed by atoms with Crippen LogP contribution in [0.3, 0.4) is 0 Å². The second-order valence-electron chi connectivity index (χ2n) is 7.37. The monoisotopic (exact) mass is 413 g/mol. The molecule has 1 aliphatic heterocycles. The molecule has 1 aliphatic rings. The van der Waals surface area contributed by atoms with E-state index in [2.05, 4.69) is 22.2 Å². The van der Waals surface area contributed by atoms with Gasteiger partial charge in [-0.25, -0.2) is 8.42 Å². The van der Waals surface area contributed by atoms with E-state index < -0.39 is 10.0 Å². The van der Waals surface area contributed by atoms with Gasteiger partial charge in [0.05, 0.1) is 0 Å². The third kappa shape index (κ3) is 5.79. The summed E-state index contributed by atoms with van der Waals surface area (Å²) in [5, 5.41) is 2.91. The van der Waals surface area contributed by atoms with Crippen molar-refractivity contribution in [1.82, 2.24) is 24.0 Å². The molecule has 9 heteroatoms. The molecule has 0 bridgehead atoms. The lowest BCUT2D eigenvalue weighted by molar-refractivity contribution is 0.0943. The third-order valence-electron chi connectivity index (χ3n) is 5.34. The number of unbranched alkanes of at least 4 members (excludes halogenated alkanes) is 1. The number of sulfonamides is 1.